The van der Waals surface area contributed by atoms with Crippen molar-refractivity contribution in [2.45, 2.75) is 26.7 Å². The van der Waals surface area contributed by atoms with Gasteiger partial charge in [0.2, 0.25) is 5.91 Å². The summed E-state index contributed by atoms with van der Waals surface area (Å²) in [5, 5.41) is 4.19. The summed E-state index contributed by atoms with van der Waals surface area (Å²) in [6.45, 7) is 4.51. The first kappa shape index (κ1) is 16.9. The first-order valence-electron chi connectivity index (χ1n) is 8.37. The highest BCUT2D eigenvalue weighted by molar-refractivity contribution is 6.02. The fourth-order valence-electron chi connectivity index (χ4n) is 2.89. The van der Waals surface area contributed by atoms with Gasteiger partial charge in [-0.3, -0.25) is 9.59 Å². The topological polar surface area (TPSA) is 61.8 Å². The summed E-state index contributed by atoms with van der Waals surface area (Å²) in [5.41, 5.74) is 6.64. The van der Waals surface area contributed by atoms with Crippen molar-refractivity contribution in [2.24, 2.45) is 5.10 Å². The molecular weight excluding hydrogens is 314 g/mol. The summed E-state index contributed by atoms with van der Waals surface area (Å²) >= 11 is 0. The lowest BCUT2D eigenvalue weighted by Crippen LogP contribution is -2.23. The molecule has 1 aliphatic heterocycles. The average molecular weight is 335 g/mol. The van der Waals surface area contributed by atoms with E-state index >= 15 is 0 Å². The average Bonchev–Trinajstić information content (AvgIpc) is 3.06. The third-order valence-electron chi connectivity index (χ3n) is 4.39. The lowest BCUT2D eigenvalue weighted by molar-refractivity contribution is -0.117. The number of carbonyl (C=O) groups excluding carboxylic acids is 2. The fraction of sp³-hybridized carbons (Fsp3) is 0.250. The lowest BCUT2D eigenvalue weighted by Gasteiger charge is -2.15. The Hall–Kier alpha value is -2.95. The van der Waals surface area contributed by atoms with Gasteiger partial charge < -0.3 is 4.90 Å². The normalized spacial score (nSPS) is 14.7. The van der Waals surface area contributed by atoms with E-state index in [1.54, 1.807) is 11.0 Å². The number of anilines is 1. The van der Waals surface area contributed by atoms with Gasteiger partial charge >= 0.3 is 0 Å². The van der Waals surface area contributed by atoms with Gasteiger partial charge in [0, 0.05) is 24.2 Å². The molecule has 1 N–H and O–H groups in total. The van der Waals surface area contributed by atoms with Crippen molar-refractivity contribution in [1.82, 2.24) is 5.43 Å². The molecule has 5 nitrogen and oxygen atoms in total. The van der Waals surface area contributed by atoms with Crippen LogP contribution in [0.1, 0.15) is 41.3 Å². The van der Waals surface area contributed by atoms with E-state index in [1.165, 1.54) is 0 Å². The molecule has 0 spiro atoms. The number of hydrogen-bond acceptors (Lipinski definition) is 3. The maximum atomic E-state index is 12.2. The summed E-state index contributed by atoms with van der Waals surface area (Å²) in [6, 6.07) is 15.1. The minimum atomic E-state index is -0.225. The zero-order chi connectivity index (χ0) is 17.8. The predicted molar refractivity (Wildman–Crippen MR) is 98.9 cm³/mol. The van der Waals surface area contributed by atoms with E-state index in [2.05, 4.69) is 10.5 Å². The van der Waals surface area contributed by atoms with Crippen molar-refractivity contribution < 1.29 is 9.59 Å². The van der Waals surface area contributed by atoms with Crippen LogP contribution in [0.3, 0.4) is 0 Å². The summed E-state index contributed by atoms with van der Waals surface area (Å²) in [6.07, 6.45) is 1.53. The molecule has 1 aliphatic rings. The van der Waals surface area contributed by atoms with Crippen LogP contribution in [0.15, 0.2) is 53.6 Å². The first-order chi connectivity index (χ1) is 12.1. The Morgan fingerprint density at radius 3 is 2.48 bits per heavy atom. The molecule has 0 radical (unpaired) electrons. The highest BCUT2D eigenvalue weighted by Crippen LogP contribution is 2.21. The minimum absolute atomic E-state index is 0.170. The van der Waals surface area contributed by atoms with Crippen LogP contribution in [0.5, 0.6) is 0 Å². The number of carbonyl (C=O) groups is 2. The van der Waals surface area contributed by atoms with E-state index in [0.717, 1.165) is 29.8 Å². The molecule has 2 aromatic carbocycles. The summed E-state index contributed by atoms with van der Waals surface area (Å²) in [5.74, 6) is -0.0552. The number of nitrogens with one attached hydrogen (secondary N) is 1. The van der Waals surface area contributed by atoms with Crippen LogP contribution < -0.4 is 10.3 Å². The summed E-state index contributed by atoms with van der Waals surface area (Å²) in [7, 11) is 0. The van der Waals surface area contributed by atoms with E-state index in [4.69, 9.17) is 0 Å². The number of rotatable bonds is 4. The van der Waals surface area contributed by atoms with Gasteiger partial charge in [-0.05, 0) is 49.6 Å². The molecule has 1 fully saturated rings. The second kappa shape index (κ2) is 7.30. The van der Waals surface area contributed by atoms with E-state index in [-0.39, 0.29) is 11.8 Å². The Morgan fingerprint density at radius 2 is 1.84 bits per heavy atom. The third kappa shape index (κ3) is 3.76. The number of hydrazone groups is 1. The zero-order valence-electron chi connectivity index (χ0n) is 14.5. The maximum Gasteiger partial charge on any atom is 0.271 e. The number of nitrogens with zero attached hydrogens (tertiary/aromatic N) is 2. The Labute approximate surface area is 147 Å². The maximum absolute atomic E-state index is 12.2. The molecule has 128 valence electrons. The van der Waals surface area contributed by atoms with Crippen molar-refractivity contribution in [3.63, 3.8) is 0 Å². The van der Waals surface area contributed by atoms with Crippen molar-refractivity contribution >= 4 is 23.2 Å². The third-order valence-corrected chi connectivity index (χ3v) is 4.39. The molecular formula is C20H21N3O2. The molecule has 2 aromatic rings. The van der Waals surface area contributed by atoms with Gasteiger partial charge in [-0.2, -0.15) is 5.10 Å². The Morgan fingerprint density at radius 1 is 1.12 bits per heavy atom. The molecule has 0 saturated carbocycles. The van der Waals surface area contributed by atoms with Crippen LogP contribution >= 0.6 is 0 Å². The van der Waals surface area contributed by atoms with E-state index in [1.807, 2.05) is 56.3 Å². The number of benzene rings is 2. The van der Waals surface area contributed by atoms with Crippen LogP contribution in [0.2, 0.25) is 0 Å². The Kier molecular flexibility index (Phi) is 4.93. The molecule has 5 heteroatoms. The van der Waals surface area contributed by atoms with Gasteiger partial charge in [0.05, 0.1) is 5.71 Å². The van der Waals surface area contributed by atoms with Gasteiger partial charge in [-0.15, -0.1) is 0 Å². The summed E-state index contributed by atoms with van der Waals surface area (Å²) < 4.78 is 0. The molecule has 1 heterocycles. The molecule has 0 aromatic heterocycles. The molecule has 3 rings (SSSR count). The Balaban J connectivity index is 1.69. The SMILES string of the molecule is C/C(=N/NC(=O)c1ccccc1C)c1ccc(N2CCCC2=O)cc1. The minimum Gasteiger partial charge on any atom is -0.312 e. The number of hydrogen-bond donors (Lipinski definition) is 1. The zero-order valence-corrected chi connectivity index (χ0v) is 14.5. The van der Waals surface area contributed by atoms with E-state index < -0.39 is 0 Å². The fourth-order valence-corrected chi connectivity index (χ4v) is 2.89. The first-order valence-corrected chi connectivity index (χ1v) is 8.37. The Bertz CT molecular complexity index is 825. The van der Waals surface area contributed by atoms with Crippen molar-refractivity contribution in [1.29, 1.82) is 0 Å². The molecule has 0 aliphatic carbocycles. The lowest BCUT2D eigenvalue weighted by atomic mass is 10.1. The van der Waals surface area contributed by atoms with Gasteiger partial charge in [0.1, 0.15) is 0 Å². The van der Waals surface area contributed by atoms with Crippen LogP contribution in [0.25, 0.3) is 0 Å². The van der Waals surface area contributed by atoms with Crippen molar-refractivity contribution in [3.05, 3.63) is 65.2 Å². The van der Waals surface area contributed by atoms with E-state index in [0.29, 0.717) is 17.7 Å². The highest BCUT2D eigenvalue weighted by atomic mass is 16.2. The van der Waals surface area contributed by atoms with Gasteiger partial charge in [0.15, 0.2) is 0 Å². The number of aryl methyl sites for hydroxylation is 1. The van der Waals surface area contributed by atoms with Crippen LogP contribution in [-0.4, -0.2) is 24.1 Å². The smallest absolute Gasteiger partial charge is 0.271 e. The van der Waals surface area contributed by atoms with E-state index in [9.17, 15) is 9.59 Å². The molecule has 25 heavy (non-hydrogen) atoms. The standard InChI is InChI=1S/C20H21N3O2/c1-14-6-3-4-7-18(14)20(25)22-21-15(2)16-9-11-17(12-10-16)23-13-5-8-19(23)24/h3-4,6-7,9-12H,5,8,13H2,1-2H3,(H,22,25)/b21-15-. The quantitative estimate of drug-likeness (QED) is 0.688. The van der Waals surface area contributed by atoms with Crippen molar-refractivity contribution in [3.8, 4) is 0 Å². The molecule has 0 unspecified atom stereocenters. The predicted octanol–water partition coefficient (Wildman–Crippen LogP) is 3.28. The van der Waals surface area contributed by atoms with Crippen molar-refractivity contribution in [2.75, 3.05) is 11.4 Å². The van der Waals surface area contributed by atoms with Gasteiger partial charge in [0.25, 0.3) is 5.91 Å². The van der Waals surface area contributed by atoms with Crippen LogP contribution in [0, 0.1) is 6.92 Å². The van der Waals surface area contributed by atoms with Gasteiger partial charge in [-0.25, -0.2) is 5.43 Å². The molecule has 1 saturated heterocycles. The summed E-state index contributed by atoms with van der Waals surface area (Å²) in [4.78, 5) is 25.8. The highest BCUT2D eigenvalue weighted by Gasteiger charge is 2.21. The second-order valence-corrected chi connectivity index (χ2v) is 6.15. The van der Waals surface area contributed by atoms with Gasteiger partial charge in [-0.1, -0.05) is 30.3 Å². The number of amides is 2. The van der Waals surface area contributed by atoms with Crippen LogP contribution in [-0.2, 0) is 4.79 Å². The molecule has 0 bridgehead atoms. The largest absolute Gasteiger partial charge is 0.312 e. The second-order valence-electron chi connectivity index (χ2n) is 6.15. The molecule has 0 atom stereocenters. The van der Waals surface area contributed by atoms with Crippen LogP contribution in [0.4, 0.5) is 5.69 Å². The monoisotopic (exact) mass is 335 g/mol. The molecule has 2 amide bonds.